The fraction of sp³-hybridized carbons (Fsp3) is 0.500. The molecule has 0 aliphatic carbocycles. The van der Waals surface area contributed by atoms with E-state index in [0.29, 0.717) is 5.75 Å². The molecule has 4 nitrogen and oxygen atoms in total. The van der Waals surface area contributed by atoms with Crippen LogP contribution in [0.15, 0.2) is 23.1 Å². The third-order valence-electron chi connectivity index (χ3n) is 3.31. The topological polar surface area (TPSA) is 60.8 Å². The van der Waals surface area contributed by atoms with Crippen LogP contribution in [0.4, 0.5) is 0 Å². The van der Waals surface area contributed by atoms with Crippen molar-refractivity contribution in [1.29, 1.82) is 0 Å². The molecule has 1 amide bonds. The first kappa shape index (κ1) is 14.4. The van der Waals surface area contributed by atoms with Crippen molar-refractivity contribution in [2.75, 3.05) is 18.8 Å². The predicted molar refractivity (Wildman–Crippen MR) is 75.2 cm³/mol. The van der Waals surface area contributed by atoms with Crippen molar-refractivity contribution in [2.45, 2.75) is 31.0 Å². The van der Waals surface area contributed by atoms with Crippen LogP contribution in [0.5, 0.6) is 0 Å². The highest BCUT2D eigenvalue weighted by molar-refractivity contribution is 8.00. The van der Waals surface area contributed by atoms with Crippen molar-refractivity contribution >= 4 is 17.7 Å². The molecule has 0 saturated carbocycles. The third-order valence-corrected chi connectivity index (χ3v) is 4.45. The minimum Gasteiger partial charge on any atom is -0.388 e. The van der Waals surface area contributed by atoms with E-state index in [1.54, 1.807) is 0 Å². The summed E-state index contributed by atoms with van der Waals surface area (Å²) in [5, 5.41) is 18.9. The van der Waals surface area contributed by atoms with Crippen LogP contribution in [0.1, 0.15) is 11.1 Å². The molecule has 1 aromatic carbocycles. The molecule has 0 bridgehead atoms. The monoisotopic (exact) mass is 281 g/mol. The second kappa shape index (κ2) is 5.94. The largest absolute Gasteiger partial charge is 0.388 e. The number of hydrogen-bond donors (Lipinski definition) is 2. The van der Waals surface area contributed by atoms with Crippen LogP contribution in [-0.4, -0.2) is 52.1 Å². The van der Waals surface area contributed by atoms with Gasteiger partial charge in [0.2, 0.25) is 5.91 Å². The maximum Gasteiger partial charge on any atom is 0.233 e. The van der Waals surface area contributed by atoms with E-state index in [1.165, 1.54) is 22.2 Å². The summed E-state index contributed by atoms with van der Waals surface area (Å²) in [5.41, 5.74) is 2.33. The SMILES string of the molecule is Cc1ccc(C)c(SCC(=O)N2C[C@@H](O)[C@@H](O)C2)c1. The van der Waals surface area contributed by atoms with E-state index in [0.717, 1.165) is 10.5 Å². The molecule has 2 rings (SSSR count). The third kappa shape index (κ3) is 3.49. The van der Waals surface area contributed by atoms with Gasteiger partial charge in [-0.05, 0) is 25.5 Å². The number of amides is 1. The molecule has 104 valence electrons. The molecule has 1 saturated heterocycles. The molecule has 0 spiro atoms. The molecule has 5 heteroatoms. The average Bonchev–Trinajstić information content (AvgIpc) is 2.70. The van der Waals surface area contributed by atoms with Crippen LogP contribution in [0.3, 0.4) is 0 Å². The Morgan fingerprint density at radius 1 is 1.32 bits per heavy atom. The molecule has 0 aromatic heterocycles. The zero-order valence-electron chi connectivity index (χ0n) is 11.2. The molecule has 1 fully saturated rings. The summed E-state index contributed by atoms with van der Waals surface area (Å²) < 4.78 is 0. The Hall–Kier alpha value is -1.04. The number of thioether (sulfide) groups is 1. The Kier molecular flexibility index (Phi) is 4.50. The summed E-state index contributed by atoms with van der Waals surface area (Å²) >= 11 is 1.50. The van der Waals surface area contributed by atoms with Crippen LogP contribution in [-0.2, 0) is 4.79 Å². The zero-order valence-corrected chi connectivity index (χ0v) is 12.0. The predicted octanol–water partition coefficient (Wildman–Crippen LogP) is 0.960. The van der Waals surface area contributed by atoms with E-state index in [4.69, 9.17) is 0 Å². The van der Waals surface area contributed by atoms with Crippen LogP contribution in [0, 0.1) is 13.8 Å². The lowest BCUT2D eigenvalue weighted by molar-refractivity contribution is -0.127. The smallest absolute Gasteiger partial charge is 0.233 e. The Labute approximate surface area is 117 Å². The van der Waals surface area contributed by atoms with E-state index in [2.05, 4.69) is 12.1 Å². The minimum atomic E-state index is -0.811. The van der Waals surface area contributed by atoms with Crippen molar-refractivity contribution < 1.29 is 15.0 Å². The molecule has 2 N–H and O–H groups in total. The number of aryl methyl sites for hydroxylation is 2. The summed E-state index contributed by atoms with van der Waals surface area (Å²) in [6.07, 6.45) is -1.62. The van der Waals surface area contributed by atoms with Gasteiger partial charge in [0.1, 0.15) is 0 Å². The van der Waals surface area contributed by atoms with Crippen LogP contribution in [0.25, 0.3) is 0 Å². The van der Waals surface area contributed by atoms with Gasteiger partial charge in [-0.1, -0.05) is 17.7 Å². The second-order valence-electron chi connectivity index (χ2n) is 4.99. The van der Waals surface area contributed by atoms with Crippen LogP contribution < -0.4 is 0 Å². The second-order valence-corrected chi connectivity index (χ2v) is 6.01. The Morgan fingerprint density at radius 2 is 1.95 bits per heavy atom. The van der Waals surface area contributed by atoms with Crippen molar-refractivity contribution in [1.82, 2.24) is 4.90 Å². The highest BCUT2D eigenvalue weighted by Crippen LogP contribution is 2.24. The van der Waals surface area contributed by atoms with Gasteiger partial charge in [0.05, 0.1) is 18.0 Å². The Balaban J connectivity index is 1.92. The molecule has 1 aromatic rings. The van der Waals surface area contributed by atoms with Crippen LogP contribution >= 0.6 is 11.8 Å². The molecule has 1 heterocycles. The van der Waals surface area contributed by atoms with Gasteiger partial charge in [0.15, 0.2) is 0 Å². The molecule has 0 unspecified atom stereocenters. The molecular formula is C14H19NO3S. The summed E-state index contributed by atoms with van der Waals surface area (Å²) in [5.74, 6) is 0.297. The lowest BCUT2D eigenvalue weighted by atomic mass is 10.2. The van der Waals surface area contributed by atoms with E-state index >= 15 is 0 Å². The first-order valence-electron chi connectivity index (χ1n) is 6.31. The highest BCUT2D eigenvalue weighted by atomic mass is 32.2. The number of aliphatic hydroxyl groups is 2. The highest BCUT2D eigenvalue weighted by Gasteiger charge is 2.32. The maximum atomic E-state index is 12.0. The number of carbonyl (C=O) groups excluding carboxylic acids is 1. The standard InChI is InChI=1S/C14H19NO3S/c1-9-3-4-10(2)13(5-9)19-8-14(18)15-6-11(16)12(17)7-15/h3-5,11-12,16-17H,6-8H2,1-2H3/t11-,12+. The normalized spacial score (nSPS) is 22.8. The number of aliphatic hydroxyl groups excluding tert-OH is 2. The van der Waals surface area contributed by atoms with Gasteiger partial charge in [-0.15, -0.1) is 11.8 Å². The number of carbonyl (C=O) groups is 1. The molecule has 0 radical (unpaired) electrons. The maximum absolute atomic E-state index is 12.0. The number of hydrogen-bond acceptors (Lipinski definition) is 4. The zero-order chi connectivity index (χ0) is 14.0. The number of nitrogens with zero attached hydrogens (tertiary/aromatic N) is 1. The lowest BCUT2D eigenvalue weighted by Crippen LogP contribution is -2.31. The minimum absolute atomic E-state index is 0.0403. The van der Waals surface area contributed by atoms with Crippen molar-refractivity contribution in [3.8, 4) is 0 Å². The number of β-amino-alcohol motifs (C(OH)–C–C–N with tert-alkyl or cyclic N) is 2. The number of benzene rings is 1. The molecule has 19 heavy (non-hydrogen) atoms. The summed E-state index contributed by atoms with van der Waals surface area (Å²) in [4.78, 5) is 14.6. The van der Waals surface area contributed by atoms with Gasteiger partial charge in [-0.25, -0.2) is 0 Å². The fourth-order valence-electron chi connectivity index (χ4n) is 2.07. The van der Waals surface area contributed by atoms with E-state index in [9.17, 15) is 15.0 Å². The molecular weight excluding hydrogens is 262 g/mol. The first-order valence-corrected chi connectivity index (χ1v) is 7.30. The average molecular weight is 281 g/mol. The van der Waals surface area contributed by atoms with E-state index in [1.807, 2.05) is 19.9 Å². The summed E-state index contributed by atoms with van der Waals surface area (Å²) in [6.45, 7) is 4.51. The first-order chi connectivity index (χ1) is 8.97. The molecule has 1 aliphatic heterocycles. The Bertz CT molecular complexity index is 468. The van der Waals surface area contributed by atoms with Gasteiger partial charge in [-0.2, -0.15) is 0 Å². The quantitative estimate of drug-likeness (QED) is 0.810. The molecule has 1 aliphatic rings. The van der Waals surface area contributed by atoms with Crippen LogP contribution in [0.2, 0.25) is 0 Å². The lowest BCUT2D eigenvalue weighted by Gasteiger charge is -2.15. The van der Waals surface area contributed by atoms with Gasteiger partial charge < -0.3 is 15.1 Å². The number of likely N-dealkylation sites (tertiary alicyclic amines) is 1. The van der Waals surface area contributed by atoms with Crippen molar-refractivity contribution in [2.24, 2.45) is 0 Å². The van der Waals surface area contributed by atoms with Gasteiger partial charge in [0, 0.05) is 18.0 Å². The summed E-state index contributed by atoms with van der Waals surface area (Å²) in [6, 6.07) is 6.17. The van der Waals surface area contributed by atoms with E-state index < -0.39 is 12.2 Å². The summed E-state index contributed by atoms with van der Waals surface area (Å²) in [7, 11) is 0. The number of rotatable bonds is 3. The van der Waals surface area contributed by atoms with E-state index in [-0.39, 0.29) is 19.0 Å². The van der Waals surface area contributed by atoms with Gasteiger partial charge >= 0.3 is 0 Å². The van der Waals surface area contributed by atoms with Gasteiger partial charge in [-0.3, -0.25) is 4.79 Å². The fourth-order valence-corrected chi connectivity index (χ4v) is 3.09. The Morgan fingerprint density at radius 3 is 2.58 bits per heavy atom. The van der Waals surface area contributed by atoms with Gasteiger partial charge in [0.25, 0.3) is 0 Å². The van der Waals surface area contributed by atoms with Crippen molar-refractivity contribution in [3.63, 3.8) is 0 Å². The molecule has 2 atom stereocenters. The van der Waals surface area contributed by atoms with Crippen molar-refractivity contribution in [3.05, 3.63) is 29.3 Å².